The highest BCUT2D eigenvalue weighted by Gasteiger charge is 2.35. The first kappa shape index (κ1) is 15.0. The third-order valence-corrected chi connectivity index (χ3v) is 5.56. The summed E-state index contributed by atoms with van der Waals surface area (Å²) < 4.78 is 26.9. The molecule has 116 valence electrons. The van der Waals surface area contributed by atoms with E-state index < -0.39 is 17.7 Å². The summed E-state index contributed by atoms with van der Waals surface area (Å²) in [7, 11) is 0. The molecular weight excluding hydrogens is 270 g/mol. The highest BCUT2D eigenvalue weighted by atomic mass is 19.1. The number of benzene rings is 1. The monoisotopic (exact) mass is 294 g/mol. The quantitative estimate of drug-likeness (QED) is 0.871. The molecule has 0 spiro atoms. The van der Waals surface area contributed by atoms with Crippen LogP contribution in [0, 0.1) is 29.4 Å². The minimum atomic E-state index is -0.552. The van der Waals surface area contributed by atoms with E-state index in [4.69, 9.17) is 0 Å². The second-order valence-electron chi connectivity index (χ2n) is 6.88. The number of hydrogen-bond donors (Lipinski definition) is 1. The van der Waals surface area contributed by atoms with Crippen LogP contribution in [0.25, 0.3) is 0 Å². The van der Waals surface area contributed by atoms with Crippen molar-refractivity contribution < 1.29 is 13.9 Å². The largest absolute Gasteiger partial charge is 0.392 e. The Labute approximate surface area is 125 Å². The van der Waals surface area contributed by atoms with Gasteiger partial charge in [-0.2, -0.15) is 0 Å². The lowest BCUT2D eigenvalue weighted by Crippen LogP contribution is -2.34. The summed E-state index contributed by atoms with van der Waals surface area (Å²) in [6.45, 7) is 0. The molecule has 21 heavy (non-hydrogen) atoms. The Morgan fingerprint density at radius 1 is 1.05 bits per heavy atom. The van der Waals surface area contributed by atoms with Gasteiger partial charge in [0.25, 0.3) is 0 Å². The van der Waals surface area contributed by atoms with E-state index >= 15 is 0 Å². The van der Waals surface area contributed by atoms with Gasteiger partial charge in [-0.25, -0.2) is 8.78 Å². The molecule has 2 saturated carbocycles. The zero-order valence-electron chi connectivity index (χ0n) is 12.4. The molecule has 3 heteroatoms. The van der Waals surface area contributed by atoms with Crippen molar-refractivity contribution in [3.63, 3.8) is 0 Å². The Balaban J connectivity index is 1.62. The summed E-state index contributed by atoms with van der Waals surface area (Å²) in [4.78, 5) is 0. The molecule has 4 atom stereocenters. The molecule has 0 aliphatic heterocycles. The fourth-order valence-corrected chi connectivity index (χ4v) is 4.35. The van der Waals surface area contributed by atoms with Gasteiger partial charge >= 0.3 is 0 Å². The molecule has 0 radical (unpaired) electrons. The number of fused-ring (bicyclic) bond motifs is 1. The molecule has 1 aromatic carbocycles. The van der Waals surface area contributed by atoms with E-state index in [0.29, 0.717) is 5.56 Å². The average molecular weight is 294 g/mol. The molecule has 2 aliphatic rings. The SMILES string of the molecule is OC(Cc1cc(F)ccc1F)C1CCC2CCCCC2C1. The highest BCUT2D eigenvalue weighted by molar-refractivity contribution is 5.19. The summed E-state index contributed by atoms with van der Waals surface area (Å²) >= 11 is 0. The summed E-state index contributed by atoms with van der Waals surface area (Å²) in [6, 6.07) is 3.48. The van der Waals surface area contributed by atoms with E-state index in [9.17, 15) is 13.9 Å². The van der Waals surface area contributed by atoms with E-state index in [1.165, 1.54) is 38.2 Å². The Hall–Kier alpha value is -0.960. The normalized spacial score (nSPS) is 30.7. The molecule has 0 saturated heterocycles. The number of aliphatic hydroxyl groups is 1. The molecule has 1 aromatic rings. The first-order valence-electron chi connectivity index (χ1n) is 8.25. The summed E-state index contributed by atoms with van der Waals surface area (Å²) in [5, 5.41) is 10.4. The third kappa shape index (κ3) is 3.45. The van der Waals surface area contributed by atoms with Crippen molar-refractivity contribution in [3.05, 3.63) is 35.4 Å². The van der Waals surface area contributed by atoms with Crippen molar-refractivity contribution in [2.45, 2.75) is 57.5 Å². The number of hydrogen-bond acceptors (Lipinski definition) is 1. The van der Waals surface area contributed by atoms with Gasteiger partial charge in [0, 0.05) is 6.42 Å². The lowest BCUT2D eigenvalue weighted by Gasteiger charge is -2.40. The average Bonchev–Trinajstić information content (AvgIpc) is 2.50. The van der Waals surface area contributed by atoms with Crippen LogP contribution in [0.4, 0.5) is 8.78 Å². The Morgan fingerprint density at radius 2 is 1.81 bits per heavy atom. The van der Waals surface area contributed by atoms with Crippen LogP contribution in [0.3, 0.4) is 0 Å². The first-order valence-corrected chi connectivity index (χ1v) is 8.25. The highest BCUT2D eigenvalue weighted by Crippen LogP contribution is 2.43. The molecule has 3 rings (SSSR count). The van der Waals surface area contributed by atoms with E-state index in [2.05, 4.69) is 0 Å². The maximum Gasteiger partial charge on any atom is 0.126 e. The maximum atomic E-state index is 13.7. The lowest BCUT2D eigenvalue weighted by molar-refractivity contribution is 0.0356. The summed E-state index contributed by atoms with van der Waals surface area (Å²) in [5.41, 5.74) is 0.299. The molecule has 0 aromatic heterocycles. The van der Waals surface area contributed by atoms with E-state index in [0.717, 1.165) is 36.8 Å². The zero-order valence-corrected chi connectivity index (χ0v) is 12.4. The third-order valence-electron chi connectivity index (χ3n) is 5.56. The molecular formula is C18H24F2O. The van der Waals surface area contributed by atoms with Crippen molar-refractivity contribution >= 4 is 0 Å². The van der Waals surface area contributed by atoms with Gasteiger partial charge in [-0.05, 0) is 60.8 Å². The van der Waals surface area contributed by atoms with Crippen molar-refractivity contribution in [1.29, 1.82) is 0 Å². The standard InChI is InChI=1S/C18H24F2O/c19-16-7-8-17(20)15(10-16)11-18(21)14-6-5-12-3-1-2-4-13(12)9-14/h7-8,10,12-14,18,21H,1-6,9,11H2. The van der Waals surface area contributed by atoms with Crippen molar-refractivity contribution in [1.82, 2.24) is 0 Å². The Morgan fingerprint density at radius 3 is 2.62 bits per heavy atom. The minimum absolute atomic E-state index is 0.228. The smallest absolute Gasteiger partial charge is 0.126 e. The van der Waals surface area contributed by atoms with Gasteiger partial charge in [0.1, 0.15) is 11.6 Å². The molecule has 1 nitrogen and oxygen atoms in total. The summed E-state index contributed by atoms with van der Waals surface area (Å²) in [5.74, 6) is 0.973. The van der Waals surface area contributed by atoms with Gasteiger partial charge in [0.15, 0.2) is 0 Å². The second-order valence-corrected chi connectivity index (χ2v) is 6.88. The molecule has 4 unspecified atom stereocenters. The van der Waals surface area contributed by atoms with Crippen LogP contribution in [0.2, 0.25) is 0 Å². The van der Waals surface area contributed by atoms with Crippen molar-refractivity contribution in [2.75, 3.05) is 0 Å². The molecule has 2 aliphatic carbocycles. The Bertz CT molecular complexity index is 488. The van der Waals surface area contributed by atoms with Crippen LogP contribution in [-0.2, 0) is 6.42 Å². The predicted octanol–water partition coefficient (Wildman–Crippen LogP) is 4.47. The fraction of sp³-hybridized carbons (Fsp3) is 0.667. The topological polar surface area (TPSA) is 20.2 Å². The Kier molecular flexibility index (Phi) is 4.58. The number of rotatable bonds is 3. The van der Waals surface area contributed by atoms with Gasteiger partial charge in [-0.1, -0.05) is 25.7 Å². The van der Waals surface area contributed by atoms with Crippen molar-refractivity contribution in [3.8, 4) is 0 Å². The van der Waals surface area contributed by atoms with E-state index in [-0.39, 0.29) is 12.3 Å². The molecule has 2 fully saturated rings. The minimum Gasteiger partial charge on any atom is -0.392 e. The molecule has 0 heterocycles. The van der Waals surface area contributed by atoms with Gasteiger partial charge in [-0.15, -0.1) is 0 Å². The number of halogens is 2. The van der Waals surface area contributed by atoms with Crippen LogP contribution in [0.1, 0.15) is 50.5 Å². The zero-order chi connectivity index (χ0) is 14.8. The van der Waals surface area contributed by atoms with Gasteiger partial charge in [0.05, 0.1) is 6.10 Å². The van der Waals surface area contributed by atoms with Crippen LogP contribution in [0.5, 0.6) is 0 Å². The first-order chi connectivity index (χ1) is 10.1. The van der Waals surface area contributed by atoms with Crippen LogP contribution >= 0.6 is 0 Å². The molecule has 0 amide bonds. The maximum absolute atomic E-state index is 13.7. The number of aliphatic hydroxyl groups excluding tert-OH is 1. The predicted molar refractivity (Wildman–Crippen MR) is 78.9 cm³/mol. The van der Waals surface area contributed by atoms with Crippen LogP contribution in [0.15, 0.2) is 18.2 Å². The van der Waals surface area contributed by atoms with Gasteiger partial charge in [0.2, 0.25) is 0 Å². The fourth-order valence-electron chi connectivity index (χ4n) is 4.35. The summed E-state index contributed by atoms with van der Waals surface area (Å²) in [6.07, 6.45) is 8.23. The molecule has 1 N–H and O–H groups in total. The van der Waals surface area contributed by atoms with Crippen LogP contribution in [-0.4, -0.2) is 11.2 Å². The van der Waals surface area contributed by atoms with Crippen LogP contribution < -0.4 is 0 Å². The second kappa shape index (κ2) is 6.43. The van der Waals surface area contributed by atoms with Gasteiger partial charge < -0.3 is 5.11 Å². The lowest BCUT2D eigenvalue weighted by atomic mass is 9.66. The molecule has 0 bridgehead atoms. The van der Waals surface area contributed by atoms with E-state index in [1.807, 2.05) is 0 Å². The van der Waals surface area contributed by atoms with E-state index in [1.54, 1.807) is 0 Å². The van der Waals surface area contributed by atoms with Crippen molar-refractivity contribution in [2.24, 2.45) is 17.8 Å². The van der Waals surface area contributed by atoms with Gasteiger partial charge in [-0.3, -0.25) is 0 Å².